The van der Waals surface area contributed by atoms with Crippen LogP contribution in [0, 0.1) is 6.92 Å². The average Bonchev–Trinajstić information content (AvgIpc) is 3.09. The fraction of sp³-hybridized carbons (Fsp3) is 0.333. The lowest BCUT2D eigenvalue weighted by molar-refractivity contribution is 0.689. The van der Waals surface area contributed by atoms with Gasteiger partial charge in [0.2, 0.25) is 0 Å². The Hall–Kier alpha value is -0.830. The van der Waals surface area contributed by atoms with Crippen molar-refractivity contribution in [3.05, 3.63) is 45.8 Å². The summed E-state index contributed by atoms with van der Waals surface area (Å²) in [4.78, 5) is 1.19. The fourth-order valence-corrected chi connectivity index (χ4v) is 3.29. The molecule has 0 unspecified atom stereocenters. The Morgan fingerprint density at radius 2 is 2.17 bits per heavy atom. The molecule has 0 saturated heterocycles. The van der Waals surface area contributed by atoms with E-state index in [2.05, 4.69) is 35.8 Å². The van der Waals surface area contributed by atoms with Gasteiger partial charge in [0.05, 0.1) is 9.90 Å². The predicted molar refractivity (Wildman–Crippen MR) is 79.4 cm³/mol. The minimum absolute atomic E-state index is 0.734. The van der Waals surface area contributed by atoms with Gasteiger partial charge in [-0.05, 0) is 42.3 Å². The van der Waals surface area contributed by atoms with E-state index in [1.165, 1.54) is 34.4 Å². The van der Waals surface area contributed by atoms with Gasteiger partial charge in [-0.2, -0.15) is 0 Å². The molecule has 1 heterocycles. The lowest BCUT2D eigenvalue weighted by atomic mass is 10.0. The van der Waals surface area contributed by atoms with Gasteiger partial charge in [-0.15, -0.1) is 11.3 Å². The summed E-state index contributed by atoms with van der Waals surface area (Å²) in [7, 11) is 0. The second-order valence-corrected chi connectivity index (χ2v) is 6.24. The molecule has 0 aliphatic heterocycles. The standard InChI is InChI=1S/C15H16ClNS/c1-10-2-3-11(9-17-12-4-5-12)13(8-10)15-14(16)6-7-18-15/h2-3,6-8,12,17H,4-5,9H2,1H3. The van der Waals surface area contributed by atoms with Crippen LogP contribution >= 0.6 is 22.9 Å². The number of thiophene rings is 1. The van der Waals surface area contributed by atoms with Gasteiger partial charge in [-0.3, -0.25) is 0 Å². The van der Waals surface area contributed by atoms with E-state index in [0.29, 0.717) is 0 Å². The first-order chi connectivity index (χ1) is 8.74. The Bertz CT molecular complexity index is 557. The van der Waals surface area contributed by atoms with Gasteiger partial charge in [0, 0.05) is 12.6 Å². The molecular formula is C15H16ClNS. The number of halogens is 1. The number of hydrogen-bond acceptors (Lipinski definition) is 2. The maximum absolute atomic E-state index is 6.26. The summed E-state index contributed by atoms with van der Waals surface area (Å²) < 4.78 is 0. The number of aryl methyl sites for hydroxylation is 1. The zero-order chi connectivity index (χ0) is 12.5. The van der Waals surface area contributed by atoms with Crippen LogP contribution < -0.4 is 5.32 Å². The molecule has 18 heavy (non-hydrogen) atoms. The molecule has 1 nitrogen and oxygen atoms in total. The molecule has 3 heteroatoms. The summed E-state index contributed by atoms with van der Waals surface area (Å²) in [5, 5.41) is 6.49. The summed E-state index contributed by atoms with van der Waals surface area (Å²) in [5.41, 5.74) is 3.91. The molecule has 0 spiro atoms. The first-order valence-corrected chi connectivity index (χ1v) is 7.56. The van der Waals surface area contributed by atoms with Crippen LogP contribution in [0.1, 0.15) is 24.0 Å². The van der Waals surface area contributed by atoms with Crippen molar-refractivity contribution in [2.75, 3.05) is 0 Å². The van der Waals surface area contributed by atoms with Gasteiger partial charge in [0.25, 0.3) is 0 Å². The van der Waals surface area contributed by atoms with Gasteiger partial charge < -0.3 is 5.32 Å². The quantitative estimate of drug-likeness (QED) is 0.859. The third kappa shape index (κ3) is 2.61. The van der Waals surface area contributed by atoms with Gasteiger partial charge >= 0.3 is 0 Å². The maximum Gasteiger partial charge on any atom is 0.0592 e. The van der Waals surface area contributed by atoms with Crippen LogP contribution in [0.3, 0.4) is 0 Å². The fourth-order valence-electron chi connectivity index (χ4n) is 2.08. The van der Waals surface area contributed by atoms with E-state index in [0.717, 1.165) is 17.6 Å². The molecular weight excluding hydrogens is 262 g/mol. The molecule has 0 radical (unpaired) electrons. The van der Waals surface area contributed by atoms with Crippen molar-refractivity contribution in [2.45, 2.75) is 32.4 Å². The van der Waals surface area contributed by atoms with Crippen LogP contribution in [0.2, 0.25) is 5.02 Å². The average molecular weight is 278 g/mol. The molecule has 94 valence electrons. The molecule has 1 N–H and O–H groups in total. The highest BCUT2D eigenvalue weighted by molar-refractivity contribution is 7.14. The second-order valence-electron chi connectivity index (χ2n) is 4.91. The van der Waals surface area contributed by atoms with E-state index in [9.17, 15) is 0 Å². The third-order valence-electron chi connectivity index (χ3n) is 3.29. The van der Waals surface area contributed by atoms with E-state index in [1.54, 1.807) is 11.3 Å². The van der Waals surface area contributed by atoms with E-state index in [-0.39, 0.29) is 0 Å². The summed E-state index contributed by atoms with van der Waals surface area (Å²) in [5.74, 6) is 0. The van der Waals surface area contributed by atoms with E-state index >= 15 is 0 Å². The maximum atomic E-state index is 6.26. The molecule has 0 bridgehead atoms. The Balaban J connectivity index is 1.94. The molecule has 0 atom stereocenters. The summed E-state index contributed by atoms with van der Waals surface area (Å²) in [6, 6.07) is 9.34. The Labute approximate surface area is 117 Å². The van der Waals surface area contributed by atoms with E-state index < -0.39 is 0 Å². The van der Waals surface area contributed by atoms with Gasteiger partial charge in [-0.1, -0.05) is 35.4 Å². The molecule has 1 aliphatic carbocycles. The predicted octanol–water partition coefficient (Wildman–Crippen LogP) is 4.63. The SMILES string of the molecule is Cc1ccc(CNC2CC2)c(-c2sccc2Cl)c1. The topological polar surface area (TPSA) is 12.0 Å². The molecule has 1 aliphatic rings. The largest absolute Gasteiger partial charge is 0.310 e. The third-order valence-corrected chi connectivity index (χ3v) is 4.66. The molecule has 0 amide bonds. The van der Waals surface area contributed by atoms with E-state index in [4.69, 9.17) is 11.6 Å². The Morgan fingerprint density at radius 1 is 1.33 bits per heavy atom. The first kappa shape index (κ1) is 12.2. The Kier molecular flexibility index (Phi) is 3.42. The highest BCUT2D eigenvalue weighted by Crippen LogP contribution is 2.36. The molecule has 1 saturated carbocycles. The number of nitrogens with one attached hydrogen (secondary N) is 1. The number of hydrogen-bond donors (Lipinski definition) is 1. The lowest BCUT2D eigenvalue weighted by Gasteiger charge is -2.11. The lowest BCUT2D eigenvalue weighted by Crippen LogP contribution is -2.15. The van der Waals surface area contributed by atoms with Gasteiger partial charge in [0.15, 0.2) is 0 Å². The minimum Gasteiger partial charge on any atom is -0.310 e. The van der Waals surface area contributed by atoms with Crippen LogP contribution in [-0.4, -0.2) is 6.04 Å². The molecule has 1 fully saturated rings. The normalized spacial score (nSPS) is 15.0. The summed E-state index contributed by atoms with van der Waals surface area (Å²) in [6.07, 6.45) is 2.64. The molecule has 2 aromatic rings. The van der Waals surface area contributed by atoms with Crippen molar-refractivity contribution in [1.29, 1.82) is 0 Å². The van der Waals surface area contributed by atoms with Crippen LogP contribution in [0.5, 0.6) is 0 Å². The van der Waals surface area contributed by atoms with Gasteiger partial charge in [-0.25, -0.2) is 0 Å². The van der Waals surface area contributed by atoms with E-state index in [1.807, 2.05) is 6.07 Å². The highest BCUT2D eigenvalue weighted by Gasteiger charge is 2.20. The van der Waals surface area contributed by atoms with Crippen LogP contribution in [0.4, 0.5) is 0 Å². The summed E-state index contributed by atoms with van der Waals surface area (Å²) in [6.45, 7) is 3.07. The van der Waals surface area contributed by atoms with Gasteiger partial charge in [0.1, 0.15) is 0 Å². The van der Waals surface area contributed by atoms with Crippen LogP contribution in [-0.2, 0) is 6.54 Å². The number of benzene rings is 1. The zero-order valence-electron chi connectivity index (χ0n) is 10.4. The van der Waals surface area contributed by atoms with Crippen LogP contribution in [0.25, 0.3) is 10.4 Å². The van der Waals surface area contributed by atoms with Crippen molar-refractivity contribution in [3.63, 3.8) is 0 Å². The van der Waals surface area contributed by atoms with Crippen molar-refractivity contribution in [2.24, 2.45) is 0 Å². The second kappa shape index (κ2) is 5.04. The zero-order valence-corrected chi connectivity index (χ0v) is 11.9. The first-order valence-electron chi connectivity index (χ1n) is 6.30. The molecule has 1 aromatic heterocycles. The highest BCUT2D eigenvalue weighted by atomic mass is 35.5. The molecule has 3 rings (SSSR count). The van der Waals surface area contributed by atoms with Crippen molar-refractivity contribution in [3.8, 4) is 10.4 Å². The summed E-state index contributed by atoms with van der Waals surface area (Å²) >= 11 is 7.98. The van der Waals surface area contributed by atoms with Crippen molar-refractivity contribution < 1.29 is 0 Å². The van der Waals surface area contributed by atoms with Crippen LogP contribution in [0.15, 0.2) is 29.6 Å². The molecule has 1 aromatic carbocycles. The minimum atomic E-state index is 0.734. The smallest absolute Gasteiger partial charge is 0.0592 e. The van der Waals surface area contributed by atoms with Crippen molar-refractivity contribution >= 4 is 22.9 Å². The monoisotopic (exact) mass is 277 g/mol. The Morgan fingerprint density at radius 3 is 2.83 bits per heavy atom. The number of rotatable bonds is 4. The van der Waals surface area contributed by atoms with Crippen molar-refractivity contribution in [1.82, 2.24) is 5.32 Å².